The molecule has 0 heterocycles. The summed E-state index contributed by atoms with van der Waals surface area (Å²) in [4.78, 5) is 12.4. The molecule has 0 aromatic heterocycles. The highest BCUT2D eigenvalue weighted by Crippen LogP contribution is 2.24. The lowest BCUT2D eigenvalue weighted by molar-refractivity contribution is -0.115. The zero-order valence-electron chi connectivity index (χ0n) is 11.0. The number of nitrogens with one attached hydrogen (secondary N) is 1. The lowest BCUT2D eigenvalue weighted by atomic mass is 10.3. The normalized spacial score (nSPS) is 11.7. The quantitative estimate of drug-likeness (QED) is 0.757. The topological polar surface area (TPSA) is 64.3 Å². The molecule has 3 N–H and O–H groups in total. The molecule has 19 heavy (non-hydrogen) atoms. The van der Waals surface area contributed by atoms with Crippen LogP contribution in [-0.4, -0.2) is 28.5 Å². The predicted molar refractivity (Wildman–Crippen MR) is 84.9 cm³/mol. The average molecular weight is 298 g/mol. The van der Waals surface area contributed by atoms with E-state index < -0.39 is 0 Å². The predicted octanol–water partition coefficient (Wildman–Crippen LogP) is 2.43. The number of anilines is 1. The third-order valence-electron chi connectivity index (χ3n) is 2.29. The minimum atomic E-state index is -0.226. The largest absolute Gasteiger partial charge is 0.492 e. The van der Waals surface area contributed by atoms with Crippen LogP contribution in [0.15, 0.2) is 24.3 Å². The van der Waals surface area contributed by atoms with Crippen LogP contribution < -0.4 is 15.8 Å². The molecule has 0 aliphatic carbocycles. The van der Waals surface area contributed by atoms with Gasteiger partial charge in [-0.2, -0.15) is 0 Å². The van der Waals surface area contributed by atoms with E-state index in [1.807, 2.05) is 38.1 Å². The zero-order chi connectivity index (χ0) is 14.3. The molecule has 1 rings (SSSR count). The molecule has 0 aliphatic heterocycles. The van der Waals surface area contributed by atoms with E-state index >= 15 is 0 Å². The summed E-state index contributed by atoms with van der Waals surface area (Å²) >= 11 is 6.20. The lowest BCUT2D eigenvalue weighted by Gasteiger charge is -2.14. The van der Waals surface area contributed by atoms with Crippen LogP contribution >= 0.6 is 24.0 Å². The van der Waals surface area contributed by atoms with Gasteiger partial charge in [0.25, 0.3) is 0 Å². The molecule has 0 bridgehead atoms. The van der Waals surface area contributed by atoms with Gasteiger partial charge in [-0.25, -0.2) is 0 Å². The van der Waals surface area contributed by atoms with Crippen LogP contribution in [0.1, 0.15) is 13.8 Å². The van der Waals surface area contributed by atoms with Gasteiger partial charge in [0, 0.05) is 5.75 Å². The Morgan fingerprint density at radius 3 is 2.84 bits per heavy atom. The number of benzene rings is 1. The Labute approximate surface area is 123 Å². The minimum absolute atomic E-state index is 0.0894. The summed E-state index contributed by atoms with van der Waals surface area (Å²) in [5, 5.41) is 2.62. The van der Waals surface area contributed by atoms with E-state index in [-0.39, 0.29) is 11.2 Å². The molecule has 1 atom stereocenters. The molecule has 4 nitrogen and oxygen atoms in total. The second-order valence-corrected chi connectivity index (χ2v) is 5.69. The number of ether oxygens (including phenoxy) is 1. The molecule has 1 aromatic carbocycles. The van der Waals surface area contributed by atoms with Gasteiger partial charge in [0.1, 0.15) is 5.75 Å². The Hall–Kier alpha value is -1.27. The highest BCUT2D eigenvalue weighted by atomic mass is 32.2. The highest BCUT2D eigenvalue weighted by Gasteiger charge is 2.15. The second-order valence-electron chi connectivity index (χ2n) is 3.84. The molecular weight excluding hydrogens is 280 g/mol. The number of hydrogen-bond donors (Lipinski definition) is 2. The van der Waals surface area contributed by atoms with E-state index in [2.05, 4.69) is 5.32 Å². The van der Waals surface area contributed by atoms with E-state index in [0.717, 1.165) is 0 Å². The number of hydrogen-bond acceptors (Lipinski definition) is 4. The van der Waals surface area contributed by atoms with Crippen molar-refractivity contribution in [3.05, 3.63) is 24.3 Å². The van der Waals surface area contributed by atoms with E-state index in [4.69, 9.17) is 22.7 Å². The first-order valence-electron chi connectivity index (χ1n) is 5.97. The molecule has 0 saturated heterocycles. The Kier molecular flexibility index (Phi) is 6.66. The third kappa shape index (κ3) is 5.48. The van der Waals surface area contributed by atoms with Gasteiger partial charge < -0.3 is 15.8 Å². The van der Waals surface area contributed by atoms with Gasteiger partial charge in [-0.3, -0.25) is 4.79 Å². The fraction of sp³-hybridized carbons (Fsp3) is 0.385. The summed E-state index contributed by atoms with van der Waals surface area (Å²) < 4.78 is 5.45. The van der Waals surface area contributed by atoms with E-state index in [1.165, 1.54) is 11.8 Å². The Bertz CT molecular complexity index is 452. The van der Waals surface area contributed by atoms with Crippen LogP contribution in [0.3, 0.4) is 0 Å². The Morgan fingerprint density at radius 2 is 2.21 bits per heavy atom. The summed E-state index contributed by atoms with van der Waals surface area (Å²) in [5.74, 6) is 1.08. The molecule has 0 radical (unpaired) electrons. The van der Waals surface area contributed by atoms with Gasteiger partial charge in [-0.05, 0) is 26.0 Å². The number of carbonyl (C=O) groups excluding carboxylic acids is 1. The fourth-order valence-corrected chi connectivity index (χ4v) is 2.20. The van der Waals surface area contributed by atoms with Crippen molar-refractivity contribution < 1.29 is 9.53 Å². The van der Waals surface area contributed by atoms with Gasteiger partial charge in [-0.15, -0.1) is 11.8 Å². The highest BCUT2D eigenvalue weighted by molar-refractivity contribution is 8.02. The molecule has 1 unspecified atom stereocenters. The van der Waals surface area contributed by atoms with Crippen LogP contribution in [-0.2, 0) is 4.79 Å². The van der Waals surface area contributed by atoms with Gasteiger partial charge in [0.15, 0.2) is 0 Å². The van der Waals surface area contributed by atoms with Crippen LogP contribution in [0.2, 0.25) is 0 Å². The van der Waals surface area contributed by atoms with Gasteiger partial charge in [0.2, 0.25) is 5.91 Å². The van der Waals surface area contributed by atoms with E-state index in [0.29, 0.717) is 28.8 Å². The molecular formula is C13H18N2O2S2. The molecule has 0 spiro atoms. The van der Waals surface area contributed by atoms with Gasteiger partial charge in [-0.1, -0.05) is 24.4 Å². The molecule has 104 valence electrons. The first-order chi connectivity index (χ1) is 9.04. The Morgan fingerprint density at radius 1 is 1.53 bits per heavy atom. The van der Waals surface area contributed by atoms with Crippen molar-refractivity contribution in [3.63, 3.8) is 0 Å². The number of rotatable bonds is 7. The maximum absolute atomic E-state index is 12.0. The average Bonchev–Trinajstić information content (AvgIpc) is 2.38. The summed E-state index contributed by atoms with van der Waals surface area (Å²) in [6.07, 6.45) is 0. The first-order valence-corrected chi connectivity index (χ1v) is 7.43. The van der Waals surface area contributed by atoms with Crippen LogP contribution in [0.4, 0.5) is 5.69 Å². The third-order valence-corrected chi connectivity index (χ3v) is 3.81. The van der Waals surface area contributed by atoms with Gasteiger partial charge in [0.05, 0.1) is 22.5 Å². The van der Waals surface area contributed by atoms with Crippen molar-refractivity contribution in [2.45, 2.75) is 19.1 Å². The van der Waals surface area contributed by atoms with Crippen molar-refractivity contribution in [1.82, 2.24) is 0 Å². The van der Waals surface area contributed by atoms with Crippen molar-refractivity contribution in [3.8, 4) is 5.75 Å². The number of thioether (sulfide) groups is 1. The van der Waals surface area contributed by atoms with Crippen molar-refractivity contribution in [1.29, 1.82) is 0 Å². The van der Waals surface area contributed by atoms with Crippen molar-refractivity contribution in [2.75, 3.05) is 17.7 Å². The summed E-state index contributed by atoms with van der Waals surface area (Å²) in [7, 11) is 0. The maximum atomic E-state index is 12.0. The summed E-state index contributed by atoms with van der Waals surface area (Å²) in [6.45, 7) is 4.28. The maximum Gasteiger partial charge on any atom is 0.237 e. The zero-order valence-corrected chi connectivity index (χ0v) is 12.6. The summed E-state index contributed by atoms with van der Waals surface area (Å²) in [6, 6.07) is 7.36. The van der Waals surface area contributed by atoms with Crippen molar-refractivity contribution in [2.24, 2.45) is 5.73 Å². The fourth-order valence-electron chi connectivity index (χ4n) is 1.37. The molecule has 0 saturated carbocycles. The smallest absolute Gasteiger partial charge is 0.237 e. The molecule has 1 amide bonds. The van der Waals surface area contributed by atoms with Crippen LogP contribution in [0, 0.1) is 0 Å². The lowest BCUT2D eigenvalue weighted by Crippen LogP contribution is -2.24. The van der Waals surface area contributed by atoms with Crippen LogP contribution in [0.25, 0.3) is 0 Å². The SMILES string of the molecule is CCOc1ccccc1NC(=O)C(C)SCC(N)=S. The number of nitrogens with two attached hydrogens (primary N) is 1. The molecule has 6 heteroatoms. The van der Waals surface area contributed by atoms with Gasteiger partial charge >= 0.3 is 0 Å². The number of amides is 1. The van der Waals surface area contributed by atoms with Crippen LogP contribution in [0.5, 0.6) is 5.75 Å². The first kappa shape index (κ1) is 15.8. The Balaban J connectivity index is 2.63. The van der Waals surface area contributed by atoms with Crippen molar-refractivity contribution >= 4 is 40.6 Å². The minimum Gasteiger partial charge on any atom is -0.492 e. The summed E-state index contributed by atoms with van der Waals surface area (Å²) in [5.41, 5.74) is 6.09. The molecule has 0 fully saturated rings. The van der Waals surface area contributed by atoms with E-state index in [9.17, 15) is 4.79 Å². The number of carbonyl (C=O) groups is 1. The second kappa shape index (κ2) is 8.01. The monoisotopic (exact) mass is 298 g/mol. The number of para-hydroxylation sites is 2. The number of thiocarbonyl (C=S) groups is 1. The molecule has 0 aliphatic rings. The van der Waals surface area contributed by atoms with E-state index in [1.54, 1.807) is 0 Å². The molecule has 1 aromatic rings. The standard InChI is InChI=1S/C13H18N2O2S2/c1-3-17-11-7-5-4-6-10(11)15-13(16)9(2)19-8-12(14)18/h4-7,9H,3,8H2,1-2H3,(H2,14,18)(H,15,16).